The summed E-state index contributed by atoms with van der Waals surface area (Å²) in [6, 6.07) is 3.29. The largest absolute Gasteiger partial charge is 0.504 e. The van der Waals surface area contributed by atoms with Gasteiger partial charge < -0.3 is 25.5 Å². The number of rotatable bonds is 8. The molecule has 2 aromatic rings. The van der Waals surface area contributed by atoms with Crippen LogP contribution in [0.1, 0.15) is 29.9 Å². The molecule has 0 saturated carbocycles. The van der Waals surface area contributed by atoms with Gasteiger partial charge in [-0.2, -0.15) is 0 Å². The SMILES string of the molecule is CC(C)(O/N=C(\C(=O)O)c1csc(NC=O)n1)C(=O)NNC(=O)c1ccc(O)c(O)c1. The summed E-state index contributed by atoms with van der Waals surface area (Å²) in [6.07, 6.45) is 0.373. The number of nitrogens with zero attached hydrogens (tertiary/aromatic N) is 2. The first-order chi connectivity index (χ1) is 14.5. The second kappa shape index (κ2) is 9.53. The van der Waals surface area contributed by atoms with E-state index in [2.05, 4.69) is 26.3 Å². The third kappa shape index (κ3) is 5.89. The molecule has 6 N–H and O–H groups in total. The number of amides is 3. The molecule has 0 bridgehead atoms. The fraction of sp³-hybridized carbons (Fsp3) is 0.176. The average Bonchev–Trinajstić information content (AvgIpc) is 3.16. The van der Waals surface area contributed by atoms with Crippen molar-refractivity contribution in [1.29, 1.82) is 0 Å². The predicted molar refractivity (Wildman–Crippen MR) is 107 cm³/mol. The van der Waals surface area contributed by atoms with Gasteiger partial charge in [0.2, 0.25) is 17.7 Å². The number of carboxylic acid groups (broad SMARTS) is 1. The lowest BCUT2D eigenvalue weighted by atomic mass is 10.1. The van der Waals surface area contributed by atoms with Gasteiger partial charge in [0.25, 0.3) is 11.8 Å². The molecule has 2 rings (SSSR count). The van der Waals surface area contributed by atoms with Crippen molar-refractivity contribution in [3.05, 3.63) is 34.8 Å². The van der Waals surface area contributed by atoms with Gasteiger partial charge in [0, 0.05) is 10.9 Å². The molecule has 164 valence electrons. The molecular formula is C17H17N5O8S. The Morgan fingerprint density at radius 3 is 2.52 bits per heavy atom. The molecule has 0 fully saturated rings. The number of carbonyl (C=O) groups excluding carboxylic acids is 3. The molecule has 0 saturated heterocycles. The van der Waals surface area contributed by atoms with Crippen molar-refractivity contribution >= 4 is 46.4 Å². The van der Waals surface area contributed by atoms with Crippen LogP contribution in [0, 0.1) is 0 Å². The third-order valence-electron chi connectivity index (χ3n) is 3.57. The van der Waals surface area contributed by atoms with Gasteiger partial charge in [0.15, 0.2) is 16.6 Å². The Morgan fingerprint density at radius 2 is 1.90 bits per heavy atom. The summed E-state index contributed by atoms with van der Waals surface area (Å²) in [7, 11) is 0. The molecule has 13 nitrogen and oxygen atoms in total. The lowest BCUT2D eigenvalue weighted by Gasteiger charge is -2.21. The van der Waals surface area contributed by atoms with Crippen molar-refractivity contribution in [2.75, 3.05) is 5.32 Å². The minimum Gasteiger partial charge on any atom is -0.504 e. The van der Waals surface area contributed by atoms with Crippen molar-refractivity contribution in [1.82, 2.24) is 15.8 Å². The maximum atomic E-state index is 12.3. The number of phenols is 2. The quantitative estimate of drug-likeness (QED) is 0.140. The first-order valence-electron chi connectivity index (χ1n) is 8.33. The molecule has 14 heteroatoms. The first kappa shape index (κ1) is 23.1. The number of anilines is 1. The zero-order valence-corrected chi connectivity index (χ0v) is 16.9. The second-order valence-corrected chi connectivity index (χ2v) is 7.12. The second-order valence-electron chi connectivity index (χ2n) is 6.26. The molecule has 31 heavy (non-hydrogen) atoms. The van der Waals surface area contributed by atoms with E-state index in [1.807, 2.05) is 0 Å². The van der Waals surface area contributed by atoms with Crippen LogP contribution in [0.4, 0.5) is 5.13 Å². The summed E-state index contributed by atoms with van der Waals surface area (Å²) in [5.74, 6) is -4.10. The Kier molecular flexibility index (Phi) is 7.10. The molecule has 0 aliphatic carbocycles. The number of aromatic nitrogens is 1. The highest BCUT2D eigenvalue weighted by molar-refractivity contribution is 7.14. The van der Waals surface area contributed by atoms with Gasteiger partial charge in [-0.3, -0.25) is 25.2 Å². The number of aromatic hydroxyl groups is 2. The number of aliphatic carboxylic acids is 1. The number of carbonyl (C=O) groups is 4. The third-order valence-corrected chi connectivity index (χ3v) is 4.34. The number of oxime groups is 1. The van der Waals surface area contributed by atoms with Gasteiger partial charge in [-0.05, 0) is 32.0 Å². The molecule has 0 atom stereocenters. The smallest absolute Gasteiger partial charge is 0.360 e. The van der Waals surface area contributed by atoms with Crippen LogP contribution in [0.5, 0.6) is 11.5 Å². The topological polar surface area (TPSA) is 200 Å². The van der Waals surface area contributed by atoms with Gasteiger partial charge in [0.1, 0.15) is 5.69 Å². The van der Waals surface area contributed by atoms with Crippen LogP contribution in [0.15, 0.2) is 28.7 Å². The van der Waals surface area contributed by atoms with Crippen LogP contribution >= 0.6 is 11.3 Å². The van der Waals surface area contributed by atoms with E-state index in [1.54, 1.807) is 0 Å². The summed E-state index contributed by atoms with van der Waals surface area (Å²) in [6.45, 7) is 2.54. The number of benzene rings is 1. The monoisotopic (exact) mass is 451 g/mol. The Labute approximate surface area is 178 Å². The van der Waals surface area contributed by atoms with Gasteiger partial charge >= 0.3 is 5.97 Å². The highest BCUT2D eigenvalue weighted by Gasteiger charge is 2.32. The Bertz CT molecular complexity index is 1050. The molecule has 0 spiro atoms. The number of hydrogen-bond acceptors (Lipinski definition) is 10. The fourth-order valence-corrected chi connectivity index (χ4v) is 2.55. The van der Waals surface area contributed by atoms with Gasteiger partial charge in [-0.25, -0.2) is 9.78 Å². The molecule has 0 aliphatic rings. The minimum absolute atomic E-state index is 0.0521. The summed E-state index contributed by atoms with van der Waals surface area (Å²) in [4.78, 5) is 55.1. The maximum absolute atomic E-state index is 12.3. The molecule has 1 aromatic carbocycles. The number of nitrogens with one attached hydrogen (secondary N) is 3. The zero-order valence-electron chi connectivity index (χ0n) is 16.1. The van der Waals surface area contributed by atoms with Gasteiger partial charge in [0.05, 0.1) is 0 Å². The number of phenolic OH excluding ortho intramolecular Hbond substituents is 2. The zero-order chi connectivity index (χ0) is 23.2. The van der Waals surface area contributed by atoms with Crippen LogP contribution in [0.2, 0.25) is 0 Å². The van der Waals surface area contributed by atoms with E-state index in [4.69, 9.17) is 4.84 Å². The van der Waals surface area contributed by atoms with E-state index in [-0.39, 0.29) is 16.4 Å². The lowest BCUT2D eigenvalue weighted by molar-refractivity contribution is -0.144. The van der Waals surface area contributed by atoms with Crippen molar-refractivity contribution in [2.45, 2.75) is 19.4 Å². The minimum atomic E-state index is -1.72. The summed E-state index contributed by atoms with van der Waals surface area (Å²) in [5, 5.41) is 35.2. The molecule has 3 amide bonds. The van der Waals surface area contributed by atoms with Crippen LogP contribution < -0.4 is 16.2 Å². The van der Waals surface area contributed by atoms with Crippen molar-refractivity contribution in [2.24, 2.45) is 5.16 Å². The van der Waals surface area contributed by atoms with Crippen molar-refractivity contribution in [3.63, 3.8) is 0 Å². The maximum Gasteiger partial charge on any atom is 0.360 e. The molecular weight excluding hydrogens is 434 g/mol. The lowest BCUT2D eigenvalue weighted by Crippen LogP contribution is -2.51. The van der Waals surface area contributed by atoms with E-state index in [0.717, 1.165) is 23.5 Å². The van der Waals surface area contributed by atoms with E-state index >= 15 is 0 Å². The Balaban J connectivity index is 2.05. The summed E-state index contributed by atoms with van der Waals surface area (Å²) in [5.41, 5.74) is 1.69. The van der Waals surface area contributed by atoms with E-state index in [1.165, 1.54) is 25.3 Å². The highest BCUT2D eigenvalue weighted by atomic mass is 32.1. The predicted octanol–water partition coefficient (Wildman–Crippen LogP) is 0.168. The summed E-state index contributed by atoms with van der Waals surface area (Å²) >= 11 is 0.957. The number of hydrogen-bond donors (Lipinski definition) is 6. The molecule has 1 heterocycles. The molecule has 0 aliphatic heterocycles. The number of hydrazine groups is 1. The van der Waals surface area contributed by atoms with Gasteiger partial charge in [-0.15, -0.1) is 11.3 Å². The van der Waals surface area contributed by atoms with E-state index in [0.29, 0.717) is 6.41 Å². The summed E-state index contributed by atoms with van der Waals surface area (Å²) < 4.78 is 0. The Morgan fingerprint density at radius 1 is 1.19 bits per heavy atom. The first-order valence-corrected chi connectivity index (χ1v) is 9.21. The molecule has 0 unspecified atom stereocenters. The number of carboxylic acids is 1. The van der Waals surface area contributed by atoms with Crippen LogP contribution in [0.25, 0.3) is 0 Å². The van der Waals surface area contributed by atoms with Crippen LogP contribution in [-0.4, -0.2) is 55.8 Å². The highest BCUT2D eigenvalue weighted by Crippen LogP contribution is 2.24. The standard InChI is InChI=1S/C17H17N5O8S/c1-17(2,15(29)21-20-13(26)8-3-4-10(24)11(25)5-8)30-22-12(14(27)28)9-6-31-16(19-9)18-7-23/h3-7,24-25H,1-2H3,(H,20,26)(H,21,29)(H,27,28)(H,18,19,23)/b22-12-. The normalized spacial score (nSPS) is 11.4. The van der Waals surface area contributed by atoms with Gasteiger partial charge in [-0.1, -0.05) is 5.16 Å². The van der Waals surface area contributed by atoms with Crippen LogP contribution in [0.3, 0.4) is 0 Å². The molecule has 1 aromatic heterocycles. The van der Waals surface area contributed by atoms with Crippen molar-refractivity contribution < 1.29 is 39.3 Å². The molecule has 0 radical (unpaired) electrons. The van der Waals surface area contributed by atoms with Crippen LogP contribution in [-0.2, 0) is 19.2 Å². The van der Waals surface area contributed by atoms with E-state index < -0.39 is 40.6 Å². The van der Waals surface area contributed by atoms with Crippen molar-refractivity contribution in [3.8, 4) is 11.5 Å². The number of thiazole rings is 1. The fourth-order valence-electron chi connectivity index (χ4n) is 1.90. The average molecular weight is 451 g/mol. The van der Waals surface area contributed by atoms with E-state index in [9.17, 15) is 34.5 Å². The Hall–Kier alpha value is -4.20.